The molecular formula is C10H14LiO3P. The first-order valence-electron chi connectivity index (χ1n) is 4.33. The second-order valence-electron chi connectivity index (χ2n) is 2.62. The first kappa shape index (κ1) is 15.0. The molecule has 0 amide bonds. The Hall–Kier alpha value is -0.0326. The molecule has 0 N–H and O–H groups in total. The van der Waals surface area contributed by atoms with E-state index < -0.39 is 0 Å². The molecule has 0 aliphatic carbocycles. The van der Waals surface area contributed by atoms with Crippen molar-refractivity contribution in [3.05, 3.63) is 24.3 Å². The molecular weight excluding hydrogens is 206 g/mol. The van der Waals surface area contributed by atoms with Gasteiger partial charge in [-0.1, -0.05) is 12.1 Å². The molecule has 0 heterocycles. The molecule has 1 aromatic rings. The maximum atomic E-state index is 5.34. The molecule has 0 unspecified atom stereocenters. The van der Waals surface area contributed by atoms with E-state index in [1.807, 2.05) is 24.3 Å². The molecule has 0 saturated heterocycles. The fourth-order valence-electron chi connectivity index (χ4n) is 0.884. The van der Waals surface area contributed by atoms with Gasteiger partial charge in [-0.15, -0.1) is 0 Å². The summed E-state index contributed by atoms with van der Waals surface area (Å²) in [7, 11) is 4.18. The second-order valence-corrected chi connectivity index (χ2v) is 3.57. The van der Waals surface area contributed by atoms with E-state index in [-0.39, 0.29) is 18.9 Å². The molecule has 78 valence electrons. The molecule has 0 aromatic heterocycles. The SMILES string of the molecule is COCCO[P-]c1ccc(OC)cc1.[Li+]. The number of methoxy groups -OCH3 is 2. The third-order valence-corrected chi connectivity index (χ3v) is 2.44. The van der Waals surface area contributed by atoms with Crippen LogP contribution in [0.5, 0.6) is 5.75 Å². The van der Waals surface area contributed by atoms with E-state index in [4.69, 9.17) is 14.0 Å². The Bertz CT molecular complexity index is 253. The largest absolute Gasteiger partial charge is 1.00 e. The Kier molecular flexibility index (Phi) is 9.19. The normalized spacial score (nSPS) is 10.3. The van der Waals surface area contributed by atoms with E-state index in [1.165, 1.54) is 0 Å². The van der Waals surface area contributed by atoms with Crippen LogP contribution < -0.4 is 28.9 Å². The molecule has 0 aliphatic rings. The van der Waals surface area contributed by atoms with Gasteiger partial charge in [0.2, 0.25) is 0 Å². The molecule has 5 heteroatoms. The summed E-state index contributed by atoms with van der Waals surface area (Å²) in [6.07, 6.45) is 0. The average Bonchev–Trinajstić information content (AvgIpc) is 2.25. The smallest absolute Gasteiger partial charge is 0.551 e. The van der Waals surface area contributed by atoms with Crippen molar-refractivity contribution in [2.75, 3.05) is 27.4 Å². The number of hydrogen-bond acceptors (Lipinski definition) is 3. The number of rotatable bonds is 6. The van der Waals surface area contributed by atoms with Crippen molar-refractivity contribution in [3.8, 4) is 5.75 Å². The van der Waals surface area contributed by atoms with Gasteiger partial charge in [0.15, 0.2) is 0 Å². The van der Waals surface area contributed by atoms with Gasteiger partial charge in [0.1, 0.15) is 5.75 Å². The molecule has 0 fully saturated rings. The number of benzene rings is 1. The van der Waals surface area contributed by atoms with Crippen LogP contribution in [0, 0.1) is 0 Å². The van der Waals surface area contributed by atoms with Gasteiger partial charge in [-0.3, -0.25) is 0 Å². The molecule has 3 nitrogen and oxygen atoms in total. The zero-order valence-corrected chi connectivity index (χ0v) is 10.3. The maximum Gasteiger partial charge on any atom is 1.00 e. The van der Waals surface area contributed by atoms with Crippen molar-refractivity contribution in [1.29, 1.82) is 0 Å². The van der Waals surface area contributed by atoms with Crippen molar-refractivity contribution in [1.82, 2.24) is 0 Å². The first-order valence-corrected chi connectivity index (χ1v) is 5.14. The third kappa shape index (κ3) is 6.20. The summed E-state index contributed by atoms with van der Waals surface area (Å²) in [5.41, 5.74) is 0. The van der Waals surface area contributed by atoms with Crippen molar-refractivity contribution < 1.29 is 32.9 Å². The Morgan fingerprint density at radius 2 is 1.73 bits per heavy atom. The van der Waals surface area contributed by atoms with Crippen LogP contribution in [0.4, 0.5) is 0 Å². The van der Waals surface area contributed by atoms with Gasteiger partial charge in [0.05, 0.1) is 13.7 Å². The van der Waals surface area contributed by atoms with Crippen LogP contribution in [0.1, 0.15) is 0 Å². The number of ether oxygens (including phenoxy) is 2. The molecule has 0 radical (unpaired) electrons. The van der Waals surface area contributed by atoms with E-state index in [2.05, 4.69) is 0 Å². The van der Waals surface area contributed by atoms with Crippen LogP contribution in [0.2, 0.25) is 0 Å². The van der Waals surface area contributed by atoms with Crippen molar-refractivity contribution in [2.45, 2.75) is 0 Å². The Balaban J connectivity index is 0.00000196. The van der Waals surface area contributed by atoms with Gasteiger partial charge in [0.25, 0.3) is 0 Å². The quantitative estimate of drug-likeness (QED) is 0.344. The van der Waals surface area contributed by atoms with E-state index in [1.54, 1.807) is 14.2 Å². The van der Waals surface area contributed by atoms with Crippen LogP contribution in [0.25, 0.3) is 0 Å². The van der Waals surface area contributed by atoms with Crippen molar-refractivity contribution in [2.24, 2.45) is 0 Å². The predicted molar refractivity (Wildman–Crippen MR) is 57.4 cm³/mol. The molecule has 1 aromatic carbocycles. The molecule has 0 spiro atoms. The van der Waals surface area contributed by atoms with Crippen molar-refractivity contribution >= 4 is 14.1 Å². The van der Waals surface area contributed by atoms with Gasteiger partial charge >= 0.3 is 18.9 Å². The summed E-state index contributed by atoms with van der Waals surface area (Å²) >= 11 is 0. The predicted octanol–water partition coefficient (Wildman–Crippen LogP) is -1.15. The molecule has 0 bridgehead atoms. The summed E-state index contributed by atoms with van der Waals surface area (Å²) < 4.78 is 15.3. The monoisotopic (exact) mass is 220 g/mol. The molecule has 0 saturated carbocycles. The standard InChI is InChI=1S/C10H14O3P.Li/c1-11-7-8-13-14-10-5-3-9(12-2)4-6-10;/h3-6H,7-8H2,1-2H3;/q-1;+1. The van der Waals surface area contributed by atoms with Crippen LogP contribution >= 0.6 is 8.81 Å². The van der Waals surface area contributed by atoms with Gasteiger partial charge in [-0.05, 0) is 12.1 Å². The Morgan fingerprint density at radius 1 is 1.07 bits per heavy atom. The van der Waals surface area contributed by atoms with E-state index in [9.17, 15) is 0 Å². The van der Waals surface area contributed by atoms with Crippen LogP contribution in [-0.4, -0.2) is 27.4 Å². The molecule has 0 atom stereocenters. The fourth-order valence-corrected chi connectivity index (χ4v) is 1.47. The minimum absolute atomic E-state index is 0. The summed E-state index contributed by atoms with van der Waals surface area (Å²) in [6, 6.07) is 7.80. The summed E-state index contributed by atoms with van der Waals surface area (Å²) in [6.45, 7) is 1.24. The summed E-state index contributed by atoms with van der Waals surface area (Å²) in [5.74, 6) is 0.862. The third-order valence-electron chi connectivity index (χ3n) is 1.62. The molecule has 15 heavy (non-hydrogen) atoms. The van der Waals surface area contributed by atoms with Crippen LogP contribution in [-0.2, 0) is 9.26 Å². The summed E-state index contributed by atoms with van der Waals surface area (Å²) in [5, 5.41) is 1.11. The minimum atomic E-state index is 0. The van der Waals surface area contributed by atoms with E-state index in [0.717, 1.165) is 19.9 Å². The van der Waals surface area contributed by atoms with Crippen LogP contribution in [0.15, 0.2) is 24.3 Å². The van der Waals surface area contributed by atoms with Gasteiger partial charge in [-0.2, -0.15) is 5.30 Å². The van der Waals surface area contributed by atoms with Crippen molar-refractivity contribution in [3.63, 3.8) is 0 Å². The Labute approximate surface area is 105 Å². The fraction of sp³-hybridized carbons (Fsp3) is 0.400. The topological polar surface area (TPSA) is 27.7 Å². The molecule has 1 rings (SSSR count). The summed E-state index contributed by atoms with van der Waals surface area (Å²) in [4.78, 5) is 0. The average molecular weight is 220 g/mol. The van der Waals surface area contributed by atoms with E-state index >= 15 is 0 Å². The zero-order chi connectivity index (χ0) is 10.2. The maximum absolute atomic E-state index is 5.34. The first-order chi connectivity index (χ1) is 6.86. The minimum Gasteiger partial charge on any atom is -0.551 e. The van der Waals surface area contributed by atoms with E-state index in [0.29, 0.717) is 13.2 Å². The second kappa shape index (κ2) is 9.21. The van der Waals surface area contributed by atoms with Gasteiger partial charge in [0, 0.05) is 13.7 Å². The van der Waals surface area contributed by atoms with Gasteiger partial charge < -0.3 is 22.8 Å². The zero-order valence-electron chi connectivity index (χ0n) is 9.40. The number of hydrogen-bond donors (Lipinski definition) is 0. The van der Waals surface area contributed by atoms with Crippen LogP contribution in [0.3, 0.4) is 0 Å². The Morgan fingerprint density at radius 3 is 2.27 bits per heavy atom. The van der Waals surface area contributed by atoms with Gasteiger partial charge in [-0.25, -0.2) is 0 Å². The molecule has 0 aliphatic heterocycles.